The zero-order valence-corrected chi connectivity index (χ0v) is 14.5. The number of nitrogens with one attached hydrogen (secondary N) is 1. The molecule has 2 aromatic heterocycles. The van der Waals surface area contributed by atoms with Crippen molar-refractivity contribution in [3.8, 4) is 11.4 Å². The van der Waals surface area contributed by atoms with Crippen molar-refractivity contribution in [2.24, 2.45) is 0 Å². The molecule has 0 unspecified atom stereocenters. The number of aromatic amines is 1. The van der Waals surface area contributed by atoms with Gasteiger partial charge in [0.05, 0.1) is 11.2 Å². The van der Waals surface area contributed by atoms with Crippen LogP contribution in [0.2, 0.25) is 25.7 Å². The number of rotatable bonds is 6. The molecule has 0 aliphatic heterocycles. The van der Waals surface area contributed by atoms with E-state index in [2.05, 4.69) is 46.5 Å². The molecule has 0 spiro atoms. The van der Waals surface area contributed by atoms with E-state index in [1.54, 1.807) is 0 Å². The van der Waals surface area contributed by atoms with Crippen molar-refractivity contribution in [2.45, 2.75) is 32.4 Å². The Bertz CT molecular complexity index is 754. The summed E-state index contributed by atoms with van der Waals surface area (Å²) in [7, 11) is -1.03. The minimum Gasteiger partial charge on any atom is -0.361 e. The number of fused-ring (bicyclic) bond motifs is 1. The van der Waals surface area contributed by atoms with Crippen molar-refractivity contribution in [3.63, 3.8) is 0 Å². The molecule has 0 aliphatic rings. The highest BCUT2D eigenvalue weighted by Crippen LogP contribution is 2.26. The molecule has 0 bridgehead atoms. The van der Waals surface area contributed by atoms with Crippen LogP contribution in [0.25, 0.3) is 22.3 Å². The van der Waals surface area contributed by atoms with Crippen molar-refractivity contribution in [2.75, 3.05) is 6.61 Å². The molecule has 0 atom stereocenters. The SMILES string of the molecule is C[Si](C)(C)CCOCn1cccc1-c1n[nH]c2ccccc12. The van der Waals surface area contributed by atoms with E-state index in [0.717, 1.165) is 28.9 Å². The van der Waals surface area contributed by atoms with Crippen LogP contribution in [-0.2, 0) is 11.5 Å². The fourth-order valence-corrected chi connectivity index (χ4v) is 3.20. The predicted octanol–water partition coefficient (Wildman–Crippen LogP) is 4.34. The maximum Gasteiger partial charge on any atom is 0.122 e. The summed E-state index contributed by atoms with van der Waals surface area (Å²) in [6.45, 7) is 8.51. The third-order valence-corrected chi connectivity index (χ3v) is 5.47. The first-order valence-corrected chi connectivity index (χ1v) is 11.4. The first-order chi connectivity index (χ1) is 10.5. The molecule has 4 nitrogen and oxygen atoms in total. The molecule has 3 aromatic rings. The maximum absolute atomic E-state index is 5.86. The summed E-state index contributed by atoms with van der Waals surface area (Å²) >= 11 is 0. The molecule has 0 saturated carbocycles. The van der Waals surface area contributed by atoms with Crippen molar-refractivity contribution in [1.82, 2.24) is 14.8 Å². The van der Waals surface area contributed by atoms with Crippen molar-refractivity contribution in [3.05, 3.63) is 42.6 Å². The third kappa shape index (κ3) is 3.31. The second-order valence-corrected chi connectivity index (χ2v) is 12.5. The number of hydrogen-bond donors (Lipinski definition) is 1. The van der Waals surface area contributed by atoms with Crippen molar-refractivity contribution < 1.29 is 4.74 Å². The Morgan fingerprint density at radius 1 is 1.14 bits per heavy atom. The molecule has 1 aromatic carbocycles. The van der Waals surface area contributed by atoms with Crippen LogP contribution < -0.4 is 0 Å². The molecule has 22 heavy (non-hydrogen) atoms. The van der Waals surface area contributed by atoms with Crippen LogP contribution in [0.1, 0.15) is 0 Å². The molecule has 0 radical (unpaired) electrons. The molecule has 0 fully saturated rings. The van der Waals surface area contributed by atoms with Gasteiger partial charge in [0.15, 0.2) is 0 Å². The zero-order chi connectivity index (χ0) is 15.6. The van der Waals surface area contributed by atoms with Crippen LogP contribution in [-0.4, -0.2) is 29.4 Å². The van der Waals surface area contributed by atoms with Gasteiger partial charge in [-0.05, 0) is 24.2 Å². The normalized spacial score (nSPS) is 12.1. The van der Waals surface area contributed by atoms with Gasteiger partial charge in [0.1, 0.15) is 12.4 Å². The number of nitrogens with zero attached hydrogens (tertiary/aromatic N) is 2. The lowest BCUT2D eigenvalue weighted by Crippen LogP contribution is -2.22. The lowest BCUT2D eigenvalue weighted by atomic mass is 10.2. The average molecular weight is 313 g/mol. The van der Waals surface area contributed by atoms with Gasteiger partial charge in [-0.15, -0.1) is 0 Å². The number of benzene rings is 1. The van der Waals surface area contributed by atoms with Gasteiger partial charge >= 0.3 is 0 Å². The topological polar surface area (TPSA) is 42.8 Å². The van der Waals surface area contributed by atoms with E-state index in [0.29, 0.717) is 6.73 Å². The molecular weight excluding hydrogens is 290 g/mol. The first-order valence-electron chi connectivity index (χ1n) is 7.71. The van der Waals surface area contributed by atoms with Gasteiger partial charge in [0.25, 0.3) is 0 Å². The summed E-state index contributed by atoms with van der Waals surface area (Å²) in [6, 6.07) is 13.5. The Kier molecular flexibility index (Phi) is 4.18. The molecule has 1 N–H and O–H groups in total. The Morgan fingerprint density at radius 2 is 1.95 bits per heavy atom. The van der Waals surface area contributed by atoms with Crippen LogP contribution in [0.15, 0.2) is 42.6 Å². The molecule has 116 valence electrons. The average Bonchev–Trinajstić information content (AvgIpc) is 3.08. The van der Waals surface area contributed by atoms with Crippen LogP contribution in [0.5, 0.6) is 0 Å². The van der Waals surface area contributed by atoms with Crippen LogP contribution in [0.4, 0.5) is 0 Å². The summed E-state index contributed by atoms with van der Waals surface area (Å²) in [5.74, 6) is 0. The fourth-order valence-electron chi connectivity index (χ4n) is 2.44. The standard InChI is InChI=1S/C17H23N3OSi/c1-22(2,3)12-11-21-13-20-10-6-9-16(20)17-14-7-4-5-8-15(14)18-19-17/h4-10H,11-13H2,1-3H3,(H,18,19). The smallest absolute Gasteiger partial charge is 0.122 e. The van der Waals surface area contributed by atoms with Crippen LogP contribution in [0.3, 0.4) is 0 Å². The second-order valence-electron chi connectivity index (χ2n) is 6.83. The van der Waals surface area contributed by atoms with Crippen molar-refractivity contribution >= 4 is 19.0 Å². The number of para-hydroxylation sites is 1. The Hall–Kier alpha value is -1.85. The van der Waals surface area contributed by atoms with E-state index in [-0.39, 0.29) is 0 Å². The molecule has 3 rings (SSSR count). The Balaban J connectivity index is 1.75. The summed E-state index contributed by atoms with van der Waals surface area (Å²) < 4.78 is 7.98. The number of H-pyrrole nitrogens is 1. The molecule has 5 heteroatoms. The van der Waals surface area contributed by atoms with Gasteiger partial charge in [-0.1, -0.05) is 37.8 Å². The Morgan fingerprint density at radius 3 is 2.77 bits per heavy atom. The summed E-state index contributed by atoms with van der Waals surface area (Å²) in [4.78, 5) is 0. The molecule has 0 saturated heterocycles. The van der Waals surface area contributed by atoms with Gasteiger partial charge in [-0.3, -0.25) is 5.10 Å². The highest BCUT2D eigenvalue weighted by atomic mass is 28.3. The van der Waals surface area contributed by atoms with Gasteiger partial charge in [-0.25, -0.2) is 0 Å². The fraction of sp³-hybridized carbons (Fsp3) is 0.353. The largest absolute Gasteiger partial charge is 0.361 e. The van der Waals surface area contributed by atoms with E-state index in [9.17, 15) is 0 Å². The lowest BCUT2D eigenvalue weighted by molar-refractivity contribution is 0.0885. The van der Waals surface area contributed by atoms with E-state index in [4.69, 9.17) is 4.74 Å². The predicted molar refractivity (Wildman–Crippen MR) is 93.6 cm³/mol. The van der Waals surface area contributed by atoms with Gasteiger partial charge in [-0.2, -0.15) is 5.10 Å². The van der Waals surface area contributed by atoms with Gasteiger partial charge in [0.2, 0.25) is 0 Å². The van der Waals surface area contributed by atoms with E-state index in [1.807, 2.05) is 30.5 Å². The van der Waals surface area contributed by atoms with E-state index >= 15 is 0 Å². The Labute approximate surface area is 132 Å². The molecule has 0 amide bonds. The maximum atomic E-state index is 5.86. The molecule has 2 heterocycles. The summed E-state index contributed by atoms with van der Waals surface area (Å²) in [5.41, 5.74) is 3.13. The number of hydrogen-bond acceptors (Lipinski definition) is 2. The highest BCUT2D eigenvalue weighted by Gasteiger charge is 2.13. The number of ether oxygens (including phenoxy) is 1. The molecule has 0 aliphatic carbocycles. The van der Waals surface area contributed by atoms with E-state index in [1.165, 1.54) is 6.04 Å². The minimum absolute atomic E-state index is 0.577. The molecular formula is C17H23N3OSi. The minimum atomic E-state index is -1.03. The second kappa shape index (κ2) is 6.10. The monoisotopic (exact) mass is 313 g/mol. The van der Waals surface area contributed by atoms with Crippen molar-refractivity contribution in [1.29, 1.82) is 0 Å². The first kappa shape index (κ1) is 15.1. The summed E-state index contributed by atoms with van der Waals surface area (Å²) in [5, 5.41) is 8.71. The highest BCUT2D eigenvalue weighted by molar-refractivity contribution is 6.76. The van der Waals surface area contributed by atoms with E-state index < -0.39 is 8.07 Å². The van der Waals surface area contributed by atoms with Crippen LogP contribution in [0, 0.1) is 0 Å². The van der Waals surface area contributed by atoms with Gasteiger partial charge < -0.3 is 9.30 Å². The number of aromatic nitrogens is 3. The third-order valence-electron chi connectivity index (χ3n) is 3.77. The van der Waals surface area contributed by atoms with Crippen LogP contribution >= 0.6 is 0 Å². The lowest BCUT2D eigenvalue weighted by Gasteiger charge is -2.16. The van der Waals surface area contributed by atoms with Gasteiger partial charge in [0, 0.05) is 26.3 Å². The quantitative estimate of drug-likeness (QED) is 0.543. The summed E-state index contributed by atoms with van der Waals surface area (Å²) in [6.07, 6.45) is 2.05. The zero-order valence-electron chi connectivity index (χ0n) is 13.5.